The fourth-order valence-corrected chi connectivity index (χ4v) is 5.31. The van der Waals surface area contributed by atoms with Crippen LogP contribution in [-0.2, 0) is 16.0 Å². The lowest BCUT2D eigenvalue weighted by molar-refractivity contribution is -0.138. The molecular formula is C24H31N3O2S. The fraction of sp³-hybridized carbons (Fsp3) is 0.500. The van der Waals surface area contributed by atoms with Crippen molar-refractivity contribution in [3.63, 3.8) is 0 Å². The van der Waals surface area contributed by atoms with Gasteiger partial charge in [-0.1, -0.05) is 35.9 Å². The third-order valence-electron chi connectivity index (χ3n) is 6.29. The fourth-order valence-electron chi connectivity index (χ4n) is 4.62. The maximum atomic E-state index is 13.0. The van der Waals surface area contributed by atoms with Crippen molar-refractivity contribution < 1.29 is 9.59 Å². The molecule has 2 saturated heterocycles. The number of amides is 2. The highest BCUT2D eigenvalue weighted by Crippen LogP contribution is 2.26. The van der Waals surface area contributed by atoms with E-state index in [0.717, 1.165) is 30.8 Å². The predicted octanol–water partition coefficient (Wildman–Crippen LogP) is 3.54. The molecular weight excluding hydrogens is 394 g/mol. The number of carbonyl (C=O) groups excluding carboxylic acids is 2. The van der Waals surface area contributed by atoms with Crippen LogP contribution >= 0.6 is 11.3 Å². The summed E-state index contributed by atoms with van der Waals surface area (Å²) in [4.78, 5) is 31.1. The van der Waals surface area contributed by atoms with Gasteiger partial charge in [-0.3, -0.25) is 14.5 Å². The lowest BCUT2D eigenvalue weighted by Crippen LogP contribution is -2.48. The van der Waals surface area contributed by atoms with Gasteiger partial charge in [0.1, 0.15) is 6.04 Å². The molecule has 0 saturated carbocycles. The Balaban J connectivity index is 1.39. The summed E-state index contributed by atoms with van der Waals surface area (Å²) in [6, 6.07) is 12.4. The van der Waals surface area contributed by atoms with Crippen LogP contribution in [0.4, 0.5) is 0 Å². The largest absolute Gasteiger partial charge is 0.352 e. The Morgan fingerprint density at radius 2 is 1.87 bits per heavy atom. The summed E-state index contributed by atoms with van der Waals surface area (Å²) in [6.45, 7) is 5.51. The standard InChI is InChI=1S/C24H31N3O2S/c1-18-8-10-19(11-9-18)22(26-12-2-3-13-26)17-25-24(29)21-7-4-14-27(21)23(28)16-20-6-5-15-30-20/h5-6,8-11,15,21-22H,2-4,7,12-14,16-17H2,1H3,(H,25,29). The van der Waals surface area contributed by atoms with Crippen LogP contribution in [0.25, 0.3) is 0 Å². The minimum absolute atomic E-state index is 0.0108. The van der Waals surface area contributed by atoms with Crippen molar-refractivity contribution in [2.45, 2.75) is 51.1 Å². The molecule has 2 amide bonds. The first-order valence-electron chi connectivity index (χ1n) is 11.0. The van der Waals surface area contributed by atoms with Gasteiger partial charge < -0.3 is 10.2 Å². The number of nitrogens with one attached hydrogen (secondary N) is 1. The van der Waals surface area contributed by atoms with Crippen LogP contribution in [0.3, 0.4) is 0 Å². The first-order valence-corrected chi connectivity index (χ1v) is 11.9. The summed E-state index contributed by atoms with van der Waals surface area (Å²) in [6.07, 6.45) is 4.46. The summed E-state index contributed by atoms with van der Waals surface area (Å²) in [7, 11) is 0. The molecule has 1 aromatic heterocycles. The molecule has 2 atom stereocenters. The van der Waals surface area contributed by atoms with Crippen molar-refractivity contribution >= 4 is 23.2 Å². The van der Waals surface area contributed by atoms with Crippen molar-refractivity contribution in [1.82, 2.24) is 15.1 Å². The molecule has 3 heterocycles. The monoisotopic (exact) mass is 425 g/mol. The smallest absolute Gasteiger partial charge is 0.242 e. The highest BCUT2D eigenvalue weighted by Gasteiger charge is 2.34. The van der Waals surface area contributed by atoms with Crippen molar-refractivity contribution in [2.75, 3.05) is 26.2 Å². The van der Waals surface area contributed by atoms with Crippen LogP contribution in [0.15, 0.2) is 41.8 Å². The number of carbonyl (C=O) groups is 2. The molecule has 6 heteroatoms. The van der Waals surface area contributed by atoms with E-state index in [9.17, 15) is 9.59 Å². The highest BCUT2D eigenvalue weighted by atomic mass is 32.1. The Bertz CT molecular complexity index is 844. The maximum absolute atomic E-state index is 13.0. The molecule has 0 radical (unpaired) electrons. The van der Waals surface area contributed by atoms with Gasteiger partial charge in [-0.2, -0.15) is 0 Å². The van der Waals surface area contributed by atoms with Crippen LogP contribution in [0, 0.1) is 6.92 Å². The van der Waals surface area contributed by atoms with Gasteiger partial charge in [0.25, 0.3) is 0 Å². The molecule has 0 spiro atoms. The molecule has 1 aromatic carbocycles. The van der Waals surface area contributed by atoms with Crippen molar-refractivity contribution in [3.05, 3.63) is 57.8 Å². The quantitative estimate of drug-likeness (QED) is 0.738. The lowest BCUT2D eigenvalue weighted by Gasteiger charge is -2.30. The number of rotatable bonds is 7. The molecule has 30 heavy (non-hydrogen) atoms. The van der Waals surface area contributed by atoms with Crippen LogP contribution < -0.4 is 5.32 Å². The minimum atomic E-state index is -0.338. The second kappa shape index (κ2) is 9.75. The third kappa shape index (κ3) is 4.93. The molecule has 5 nitrogen and oxygen atoms in total. The molecule has 0 bridgehead atoms. The van der Waals surface area contributed by atoms with Crippen LogP contribution in [0.2, 0.25) is 0 Å². The van der Waals surface area contributed by atoms with Gasteiger partial charge in [-0.15, -0.1) is 11.3 Å². The van der Waals surface area contributed by atoms with Crippen LogP contribution in [0.1, 0.15) is 47.7 Å². The summed E-state index contributed by atoms with van der Waals surface area (Å²) in [5.74, 6) is 0.0491. The number of nitrogens with zero attached hydrogens (tertiary/aromatic N) is 2. The zero-order valence-corrected chi connectivity index (χ0v) is 18.5. The van der Waals surface area contributed by atoms with Crippen LogP contribution in [-0.4, -0.2) is 53.8 Å². The molecule has 1 N–H and O–H groups in total. The first-order chi connectivity index (χ1) is 14.6. The van der Waals surface area contributed by atoms with E-state index in [4.69, 9.17) is 0 Å². The van der Waals surface area contributed by atoms with E-state index in [0.29, 0.717) is 19.5 Å². The average molecular weight is 426 g/mol. The zero-order valence-electron chi connectivity index (χ0n) is 17.7. The van der Waals surface area contributed by atoms with Crippen molar-refractivity contribution in [3.8, 4) is 0 Å². The predicted molar refractivity (Wildman–Crippen MR) is 120 cm³/mol. The van der Waals surface area contributed by atoms with Crippen molar-refractivity contribution in [1.29, 1.82) is 0 Å². The number of hydrogen-bond donors (Lipinski definition) is 1. The van der Waals surface area contributed by atoms with Crippen LogP contribution in [0.5, 0.6) is 0 Å². The van der Waals surface area contributed by atoms with Gasteiger partial charge in [0.15, 0.2) is 0 Å². The van der Waals surface area contributed by atoms with Gasteiger partial charge in [-0.05, 0) is 62.7 Å². The molecule has 0 aliphatic carbocycles. The van der Waals surface area contributed by atoms with Gasteiger partial charge in [0.05, 0.1) is 12.5 Å². The van der Waals surface area contributed by atoms with E-state index < -0.39 is 0 Å². The minimum Gasteiger partial charge on any atom is -0.352 e. The Morgan fingerprint density at radius 3 is 2.57 bits per heavy atom. The maximum Gasteiger partial charge on any atom is 0.242 e. The summed E-state index contributed by atoms with van der Waals surface area (Å²) >= 11 is 1.59. The molecule has 4 rings (SSSR count). The number of likely N-dealkylation sites (tertiary alicyclic amines) is 2. The molecule has 2 aromatic rings. The molecule has 2 aliphatic rings. The number of hydrogen-bond acceptors (Lipinski definition) is 4. The Labute approximate surface area is 183 Å². The molecule has 2 fully saturated rings. The van der Waals surface area contributed by atoms with E-state index in [2.05, 4.69) is 41.4 Å². The Hall–Kier alpha value is -2.18. The first kappa shape index (κ1) is 21.1. The van der Waals surface area contributed by atoms with E-state index in [1.165, 1.54) is 24.0 Å². The lowest BCUT2D eigenvalue weighted by atomic mass is 10.0. The van der Waals surface area contributed by atoms with E-state index in [-0.39, 0.29) is 23.9 Å². The van der Waals surface area contributed by atoms with Crippen molar-refractivity contribution in [2.24, 2.45) is 0 Å². The molecule has 2 unspecified atom stereocenters. The third-order valence-corrected chi connectivity index (χ3v) is 7.17. The highest BCUT2D eigenvalue weighted by molar-refractivity contribution is 7.10. The normalized spacial score (nSPS) is 20.4. The average Bonchev–Trinajstić information content (AvgIpc) is 3.51. The number of aryl methyl sites for hydroxylation is 1. The number of thiophene rings is 1. The Kier molecular flexibility index (Phi) is 6.85. The van der Waals surface area contributed by atoms with Gasteiger partial charge in [0, 0.05) is 18.0 Å². The van der Waals surface area contributed by atoms with E-state index in [1.54, 1.807) is 16.2 Å². The second-order valence-corrected chi connectivity index (χ2v) is 9.45. The molecule has 2 aliphatic heterocycles. The summed E-state index contributed by atoms with van der Waals surface area (Å²) in [5, 5.41) is 5.17. The summed E-state index contributed by atoms with van der Waals surface area (Å²) < 4.78 is 0. The zero-order chi connectivity index (χ0) is 20.9. The van der Waals surface area contributed by atoms with Gasteiger partial charge >= 0.3 is 0 Å². The van der Waals surface area contributed by atoms with Gasteiger partial charge in [-0.25, -0.2) is 0 Å². The Morgan fingerprint density at radius 1 is 1.10 bits per heavy atom. The van der Waals surface area contributed by atoms with Gasteiger partial charge in [0.2, 0.25) is 11.8 Å². The number of benzene rings is 1. The SMILES string of the molecule is Cc1ccc(C(CNC(=O)C2CCCN2C(=O)Cc2cccs2)N2CCCC2)cc1. The van der Waals surface area contributed by atoms with E-state index in [1.807, 2.05) is 17.5 Å². The second-order valence-electron chi connectivity index (χ2n) is 8.42. The topological polar surface area (TPSA) is 52.7 Å². The molecule has 160 valence electrons. The summed E-state index contributed by atoms with van der Waals surface area (Å²) in [5.41, 5.74) is 2.49. The van der Waals surface area contributed by atoms with E-state index >= 15 is 0 Å².